The third kappa shape index (κ3) is 2.03. The molecule has 0 aliphatic heterocycles. The lowest BCUT2D eigenvalue weighted by molar-refractivity contribution is -0.273. The van der Waals surface area contributed by atoms with Crippen molar-refractivity contribution in [3.63, 3.8) is 0 Å². The van der Waals surface area contributed by atoms with Crippen molar-refractivity contribution in [1.82, 2.24) is 0 Å². The van der Waals surface area contributed by atoms with Gasteiger partial charge in [0.05, 0.1) is 0 Å². The van der Waals surface area contributed by atoms with Crippen LogP contribution in [-0.2, 0) is 14.9 Å². The van der Waals surface area contributed by atoms with Crippen LogP contribution in [0.25, 0.3) is 11.6 Å². The molecule has 0 aromatic heterocycles. The van der Waals surface area contributed by atoms with E-state index >= 15 is 0 Å². The maximum absolute atomic E-state index is 11.7. The maximum Gasteiger partial charge on any atom is 0.225 e. The first-order chi connectivity index (χ1) is 12.0. The van der Waals surface area contributed by atoms with Gasteiger partial charge in [-0.3, -0.25) is 0 Å². The van der Waals surface area contributed by atoms with Crippen molar-refractivity contribution in [2.24, 2.45) is 0 Å². The molecule has 3 nitrogen and oxygen atoms in total. The second-order valence-electron chi connectivity index (χ2n) is 7.19. The van der Waals surface area contributed by atoms with Gasteiger partial charge in [-0.15, -0.1) is 0 Å². The summed E-state index contributed by atoms with van der Waals surface area (Å²) < 4.78 is 11.8. The van der Waals surface area contributed by atoms with Gasteiger partial charge in [0.25, 0.3) is 0 Å². The van der Waals surface area contributed by atoms with E-state index in [0.717, 1.165) is 29.5 Å². The number of benzene rings is 2. The quantitative estimate of drug-likeness (QED) is 0.861. The third-order valence-electron chi connectivity index (χ3n) is 6.10. The van der Waals surface area contributed by atoms with Crippen molar-refractivity contribution in [2.75, 3.05) is 14.2 Å². The average Bonchev–Trinajstić information content (AvgIpc) is 3.44. The lowest BCUT2D eigenvalue weighted by Gasteiger charge is -2.53. The molecule has 2 aliphatic rings. The van der Waals surface area contributed by atoms with Crippen LogP contribution >= 0.6 is 0 Å². The van der Waals surface area contributed by atoms with E-state index in [-0.39, 0.29) is 5.41 Å². The van der Waals surface area contributed by atoms with Gasteiger partial charge in [0.2, 0.25) is 5.79 Å². The van der Waals surface area contributed by atoms with Crippen molar-refractivity contribution in [1.29, 1.82) is 0 Å². The molecule has 0 saturated heterocycles. The summed E-state index contributed by atoms with van der Waals surface area (Å²) in [5.74, 6) is -1.21. The number of ether oxygens (including phenoxy) is 2. The summed E-state index contributed by atoms with van der Waals surface area (Å²) in [6.07, 6.45) is 3.93. The number of methoxy groups -OCH3 is 2. The van der Waals surface area contributed by atoms with Crippen molar-refractivity contribution < 1.29 is 14.6 Å². The van der Waals surface area contributed by atoms with Gasteiger partial charge in [-0.2, -0.15) is 0 Å². The Kier molecular flexibility index (Phi) is 3.66. The molecular formula is C22H24O3. The van der Waals surface area contributed by atoms with E-state index in [2.05, 4.69) is 18.2 Å². The zero-order chi connectivity index (χ0) is 17.7. The van der Waals surface area contributed by atoms with Crippen molar-refractivity contribution in [3.8, 4) is 0 Å². The van der Waals surface area contributed by atoms with Gasteiger partial charge in [-0.25, -0.2) is 0 Å². The molecule has 0 heterocycles. The molecule has 2 aliphatic carbocycles. The summed E-state index contributed by atoms with van der Waals surface area (Å²) >= 11 is 0. The summed E-state index contributed by atoms with van der Waals surface area (Å²) in [5, 5.41) is 11.7. The van der Waals surface area contributed by atoms with Gasteiger partial charge in [-0.1, -0.05) is 54.6 Å². The molecule has 1 N–H and O–H groups in total. The predicted octanol–water partition coefficient (Wildman–Crippen LogP) is 4.01. The second-order valence-corrected chi connectivity index (χ2v) is 7.19. The lowest BCUT2D eigenvalue weighted by Crippen LogP contribution is -2.64. The predicted molar refractivity (Wildman–Crippen MR) is 99.0 cm³/mol. The van der Waals surface area contributed by atoms with Crippen molar-refractivity contribution in [2.45, 2.75) is 36.6 Å². The van der Waals surface area contributed by atoms with E-state index < -0.39 is 11.4 Å². The largest absolute Gasteiger partial charge is 0.383 e. The van der Waals surface area contributed by atoms with Crippen molar-refractivity contribution in [3.05, 3.63) is 71.3 Å². The first-order valence-corrected chi connectivity index (χ1v) is 8.72. The first-order valence-electron chi connectivity index (χ1n) is 8.72. The normalized spacial score (nSPS) is 27.3. The minimum absolute atomic E-state index is 0.316. The van der Waals surface area contributed by atoms with Crippen LogP contribution in [0.5, 0.6) is 0 Å². The Balaban J connectivity index is 2.04. The van der Waals surface area contributed by atoms with Crippen molar-refractivity contribution >= 4 is 11.6 Å². The van der Waals surface area contributed by atoms with E-state index in [1.807, 2.05) is 49.4 Å². The van der Waals surface area contributed by atoms with Gasteiger partial charge < -0.3 is 14.6 Å². The number of aliphatic hydroxyl groups is 1. The Bertz CT molecular complexity index is 812. The molecule has 4 rings (SSSR count). The molecule has 25 heavy (non-hydrogen) atoms. The molecule has 1 atom stereocenters. The van der Waals surface area contributed by atoms with Gasteiger partial charge >= 0.3 is 0 Å². The van der Waals surface area contributed by atoms with E-state index in [1.54, 1.807) is 14.2 Å². The molecule has 2 aromatic rings. The highest BCUT2D eigenvalue weighted by atomic mass is 16.7. The molecule has 1 fully saturated rings. The van der Waals surface area contributed by atoms with Crippen LogP contribution in [0.15, 0.2) is 54.6 Å². The number of fused-ring (bicyclic) bond motifs is 2. The van der Waals surface area contributed by atoms with Crippen LogP contribution in [0.3, 0.4) is 0 Å². The molecular weight excluding hydrogens is 312 g/mol. The fourth-order valence-corrected chi connectivity index (χ4v) is 4.62. The fraction of sp³-hybridized carbons (Fsp3) is 0.364. The van der Waals surface area contributed by atoms with E-state index in [1.165, 1.54) is 5.56 Å². The van der Waals surface area contributed by atoms with Crippen LogP contribution in [0.1, 0.15) is 36.5 Å². The highest BCUT2D eigenvalue weighted by Crippen LogP contribution is 2.66. The van der Waals surface area contributed by atoms with Gasteiger partial charge in [0.15, 0.2) is 0 Å². The molecule has 0 bridgehead atoms. The summed E-state index contributed by atoms with van der Waals surface area (Å²) in [6, 6.07) is 18.4. The highest BCUT2D eigenvalue weighted by Gasteiger charge is 2.71. The smallest absolute Gasteiger partial charge is 0.225 e. The maximum atomic E-state index is 11.7. The zero-order valence-corrected chi connectivity index (χ0v) is 15.0. The Morgan fingerprint density at radius 1 is 0.920 bits per heavy atom. The van der Waals surface area contributed by atoms with E-state index in [0.29, 0.717) is 0 Å². The second kappa shape index (κ2) is 5.53. The van der Waals surface area contributed by atoms with Gasteiger partial charge in [-0.05, 0) is 42.5 Å². The SMILES string of the molecule is COC1(OC)/C(=C\c2ccccc2)c2ccccc2C2(CC2)C1(C)O. The number of hydrogen-bond acceptors (Lipinski definition) is 3. The summed E-state index contributed by atoms with van der Waals surface area (Å²) in [5.41, 5.74) is 2.71. The molecule has 1 saturated carbocycles. The first kappa shape index (κ1) is 16.5. The fourth-order valence-electron chi connectivity index (χ4n) is 4.62. The van der Waals surface area contributed by atoms with E-state index in [4.69, 9.17) is 9.47 Å². The zero-order valence-electron chi connectivity index (χ0n) is 15.0. The Morgan fingerprint density at radius 2 is 1.52 bits per heavy atom. The number of hydrogen-bond donors (Lipinski definition) is 1. The number of rotatable bonds is 3. The minimum Gasteiger partial charge on any atom is -0.383 e. The Morgan fingerprint density at radius 3 is 2.12 bits per heavy atom. The van der Waals surface area contributed by atoms with Gasteiger partial charge in [0, 0.05) is 25.2 Å². The molecule has 0 amide bonds. The standard InChI is InChI=1S/C22H24O3/c1-20(23)21(13-14-21)18-12-8-7-11-17(18)19(22(20,24-2)25-3)15-16-9-5-4-6-10-16/h4-12,15,23H,13-14H2,1-3H3/b19-15-. The Labute approximate surface area is 148 Å². The monoisotopic (exact) mass is 336 g/mol. The van der Waals surface area contributed by atoms with Crippen LogP contribution in [0, 0.1) is 0 Å². The van der Waals surface area contributed by atoms with Crippen LogP contribution in [-0.4, -0.2) is 30.7 Å². The minimum atomic E-state index is -1.21. The molecule has 130 valence electrons. The average molecular weight is 336 g/mol. The van der Waals surface area contributed by atoms with E-state index in [9.17, 15) is 5.11 Å². The Hall–Kier alpha value is -1.94. The molecule has 1 unspecified atom stereocenters. The molecule has 3 heteroatoms. The van der Waals surface area contributed by atoms with Crippen LogP contribution < -0.4 is 0 Å². The summed E-state index contributed by atoms with van der Waals surface area (Å²) in [7, 11) is 3.22. The molecule has 0 radical (unpaired) electrons. The highest BCUT2D eigenvalue weighted by molar-refractivity contribution is 5.90. The van der Waals surface area contributed by atoms with Gasteiger partial charge in [0.1, 0.15) is 5.60 Å². The summed E-state index contributed by atoms with van der Waals surface area (Å²) in [4.78, 5) is 0. The topological polar surface area (TPSA) is 38.7 Å². The van der Waals surface area contributed by atoms with Crippen LogP contribution in [0.4, 0.5) is 0 Å². The lowest BCUT2D eigenvalue weighted by atomic mass is 9.63. The summed E-state index contributed by atoms with van der Waals surface area (Å²) in [6.45, 7) is 1.85. The molecule has 1 spiro atoms. The third-order valence-corrected chi connectivity index (χ3v) is 6.10. The van der Waals surface area contributed by atoms with Crippen LogP contribution in [0.2, 0.25) is 0 Å². The molecule has 2 aromatic carbocycles.